The molecule has 16 heavy (non-hydrogen) atoms. The maximum Gasteiger partial charge on any atom is 0.0625 e. The second-order valence-corrected chi connectivity index (χ2v) is 4.97. The second kappa shape index (κ2) is 6.69. The highest BCUT2D eigenvalue weighted by molar-refractivity contribution is 5.15. The fourth-order valence-corrected chi connectivity index (χ4v) is 1.85. The van der Waals surface area contributed by atoms with Crippen molar-refractivity contribution in [1.82, 2.24) is 15.1 Å². The molecule has 0 aliphatic heterocycles. The lowest BCUT2D eigenvalue weighted by Crippen LogP contribution is -2.20. The van der Waals surface area contributed by atoms with Crippen molar-refractivity contribution in [2.24, 2.45) is 13.0 Å². The van der Waals surface area contributed by atoms with Crippen LogP contribution < -0.4 is 5.32 Å². The van der Waals surface area contributed by atoms with E-state index in [4.69, 9.17) is 0 Å². The van der Waals surface area contributed by atoms with E-state index < -0.39 is 0 Å². The van der Waals surface area contributed by atoms with Crippen molar-refractivity contribution >= 4 is 0 Å². The van der Waals surface area contributed by atoms with Gasteiger partial charge in [0.1, 0.15) is 0 Å². The fourth-order valence-electron chi connectivity index (χ4n) is 1.85. The third-order valence-corrected chi connectivity index (χ3v) is 2.72. The van der Waals surface area contributed by atoms with E-state index in [0.717, 1.165) is 25.4 Å². The molecule has 0 bridgehead atoms. The van der Waals surface area contributed by atoms with Crippen LogP contribution in [0, 0.1) is 12.8 Å². The van der Waals surface area contributed by atoms with Gasteiger partial charge in [-0.1, -0.05) is 13.8 Å². The monoisotopic (exact) mass is 223 g/mol. The molecular formula is C13H25N3. The SMILES string of the molecule is Cc1nn(C)cc1CCCCNCC(C)C. The Labute approximate surface area is 99.2 Å². The van der Waals surface area contributed by atoms with Gasteiger partial charge in [0, 0.05) is 13.2 Å². The molecule has 0 atom stereocenters. The summed E-state index contributed by atoms with van der Waals surface area (Å²) in [4.78, 5) is 0. The molecule has 1 rings (SSSR count). The Bertz CT molecular complexity index is 302. The van der Waals surface area contributed by atoms with Crippen molar-refractivity contribution in [3.05, 3.63) is 17.5 Å². The minimum atomic E-state index is 0.751. The van der Waals surface area contributed by atoms with Gasteiger partial charge in [0.25, 0.3) is 0 Å². The van der Waals surface area contributed by atoms with Crippen LogP contribution in [-0.4, -0.2) is 22.9 Å². The summed E-state index contributed by atoms with van der Waals surface area (Å²) in [5.74, 6) is 0.751. The zero-order valence-electron chi connectivity index (χ0n) is 11.1. The first kappa shape index (κ1) is 13.2. The van der Waals surface area contributed by atoms with E-state index in [1.54, 1.807) is 0 Å². The van der Waals surface area contributed by atoms with E-state index in [0.29, 0.717) is 0 Å². The predicted molar refractivity (Wildman–Crippen MR) is 68.6 cm³/mol. The van der Waals surface area contributed by atoms with Crippen molar-refractivity contribution in [3.8, 4) is 0 Å². The first-order chi connectivity index (χ1) is 7.59. The number of aryl methyl sites for hydroxylation is 3. The topological polar surface area (TPSA) is 29.9 Å². The third-order valence-electron chi connectivity index (χ3n) is 2.72. The Hall–Kier alpha value is -0.830. The maximum atomic E-state index is 4.35. The molecular weight excluding hydrogens is 198 g/mol. The number of hydrogen-bond acceptors (Lipinski definition) is 2. The van der Waals surface area contributed by atoms with Crippen molar-refractivity contribution in [2.45, 2.75) is 40.0 Å². The smallest absolute Gasteiger partial charge is 0.0625 e. The van der Waals surface area contributed by atoms with Crippen LogP contribution in [0.4, 0.5) is 0 Å². The van der Waals surface area contributed by atoms with Crippen LogP contribution in [0.25, 0.3) is 0 Å². The van der Waals surface area contributed by atoms with Crippen molar-refractivity contribution in [1.29, 1.82) is 0 Å². The number of rotatable bonds is 7. The second-order valence-electron chi connectivity index (χ2n) is 4.97. The van der Waals surface area contributed by atoms with Gasteiger partial charge in [-0.15, -0.1) is 0 Å². The molecule has 1 heterocycles. The highest BCUT2D eigenvalue weighted by atomic mass is 15.2. The third kappa shape index (κ3) is 4.79. The number of nitrogens with zero attached hydrogens (tertiary/aromatic N) is 2. The predicted octanol–water partition coefficient (Wildman–Crippen LogP) is 2.30. The Morgan fingerprint density at radius 1 is 1.38 bits per heavy atom. The average molecular weight is 223 g/mol. The summed E-state index contributed by atoms with van der Waals surface area (Å²) < 4.78 is 1.90. The number of unbranched alkanes of at least 4 members (excludes halogenated alkanes) is 1. The van der Waals surface area contributed by atoms with E-state index in [1.807, 2.05) is 11.7 Å². The zero-order valence-corrected chi connectivity index (χ0v) is 11.1. The van der Waals surface area contributed by atoms with Gasteiger partial charge < -0.3 is 5.32 Å². The number of aromatic nitrogens is 2. The number of hydrogen-bond donors (Lipinski definition) is 1. The lowest BCUT2D eigenvalue weighted by molar-refractivity contribution is 0.535. The first-order valence-electron chi connectivity index (χ1n) is 6.29. The number of nitrogens with one attached hydrogen (secondary N) is 1. The summed E-state index contributed by atoms with van der Waals surface area (Å²) in [7, 11) is 1.99. The molecule has 1 N–H and O–H groups in total. The van der Waals surface area contributed by atoms with Crippen LogP contribution in [0.15, 0.2) is 6.20 Å². The van der Waals surface area contributed by atoms with Gasteiger partial charge in [0.2, 0.25) is 0 Å². The van der Waals surface area contributed by atoms with Crippen LogP contribution in [0.1, 0.15) is 37.9 Å². The summed E-state index contributed by atoms with van der Waals surface area (Å²) in [6, 6.07) is 0. The van der Waals surface area contributed by atoms with Crippen molar-refractivity contribution in [2.75, 3.05) is 13.1 Å². The molecule has 0 aliphatic carbocycles. The standard InChI is InChI=1S/C13H25N3/c1-11(2)9-14-8-6-5-7-13-10-16(4)15-12(13)3/h10-11,14H,5-9H2,1-4H3. The van der Waals surface area contributed by atoms with Gasteiger partial charge in [-0.25, -0.2) is 0 Å². The summed E-state index contributed by atoms with van der Waals surface area (Å²) in [6.45, 7) is 8.84. The largest absolute Gasteiger partial charge is 0.316 e. The van der Waals surface area contributed by atoms with Gasteiger partial charge in [-0.2, -0.15) is 5.10 Å². The molecule has 0 fully saturated rings. The highest BCUT2D eigenvalue weighted by Crippen LogP contribution is 2.08. The quantitative estimate of drug-likeness (QED) is 0.719. The van der Waals surface area contributed by atoms with Gasteiger partial charge in [0.05, 0.1) is 5.69 Å². The summed E-state index contributed by atoms with van der Waals surface area (Å²) in [5, 5.41) is 7.82. The molecule has 0 unspecified atom stereocenters. The van der Waals surface area contributed by atoms with E-state index in [9.17, 15) is 0 Å². The average Bonchev–Trinajstić information content (AvgIpc) is 2.50. The molecule has 3 nitrogen and oxygen atoms in total. The van der Waals surface area contributed by atoms with Crippen LogP contribution in [0.5, 0.6) is 0 Å². The first-order valence-corrected chi connectivity index (χ1v) is 6.29. The van der Waals surface area contributed by atoms with Crippen LogP contribution in [-0.2, 0) is 13.5 Å². The Kier molecular flexibility index (Phi) is 5.53. The van der Waals surface area contributed by atoms with E-state index >= 15 is 0 Å². The normalized spacial score (nSPS) is 11.3. The van der Waals surface area contributed by atoms with Gasteiger partial charge in [-0.05, 0) is 50.8 Å². The highest BCUT2D eigenvalue weighted by Gasteiger charge is 2.02. The molecule has 1 aromatic heterocycles. The van der Waals surface area contributed by atoms with Crippen molar-refractivity contribution < 1.29 is 0 Å². The minimum absolute atomic E-state index is 0.751. The summed E-state index contributed by atoms with van der Waals surface area (Å²) in [5.41, 5.74) is 2.57. The van der Waals surface area contributed by atoms with E-state index in [2.05, 4.69) is 37.4 Å². The minimum Gasteiger partial charge on any atom is -0.316 e. The molecule has 0 saturated heterocycles. The molecule has 0 aromatic carbocycles. The molecule has 0 spiro atoms. The Balaban J connectivity index is 2.09. The Morgan fingerprint density at radius 2 is 2.12 bits per heavy atom. The fraction of sp³-hybridized carbons (Fsp3) is 0.769. The molecule has 3 heteroatoms. The molecule has 0 saturated carbocycles. The van der Waals surface area contributed by atoms with Crippen LogP contribution in [0.2, 0.25) is 0 Å². The molecule has 1 aromatic rings. The zero-order chi connectivity index (χ0) is 12.0. The lowest BCUT2D eigenvalue weighted by Gasteiger charge is -2.06. The maximum absolute atomic E-state index is 4.35. The van der Waals surface area contributed by atoms with E-state index in [1.165, 1.54) is 24.1 Å². The van der Waals surface area contributed by atoms with Gasteiger partial charge in [0.15, 0.2) is 0 Å². The van der Waals surface area contributed by atoms with E-state index in [-0.39, 0.29) is 0 Å². The van der Waals surface area contributed by atoms with Gasteiger partial charge >= 0.3 is 0 Å². The Morgan fingerprint density at radius 3 is 2.69 bits per heavy atom. The molecule has 0 aliphatic rings. The van der Waals surface area contributed by atoms with Crippen molar-refractivity contribution in [3.63, 3.8) is 0 Å². The molecule has 92 valence electrons. The lowest BCUT2D eigenvalue weighted by atomic mass is 10.1. The van der Waals surface area contributed by atoms with Gasteiger partial charge in [-0.3, -0.25) is 4.68 Å². The molecule has 0 amide bonds. The summed E-state index contributed by atoms with van der Waals surface area (Å²) >= 11 is 0. The van der Waals surface area contributed by atoms with Crippen LogP contribution in [0.3, 0.4) is 0 Å². The summed E-state index contributed by atoms with van der Waals surface area (Å²) in [6.07, 6.45) is 5.79. The molecule has 0 radical (unpaired) electrons. The van der Waals surface area contributed by atoms with Crippen LogP contribution >= 0.6 is 0 Å².